The maximum Gasteiger partial charge on any atom is 0.410 e. The molecule has 2 amide bonds. The molecule has 5 heterocycles. The Morgan fingerprint density at radius 3 is 2.10 bits per heavy atom. The molecule has 2 fully saturated rings. The lowest BCUT2D eigenvalue weighted by Gasteiger charge is -2.31. The molecule has 3 aromatic heterocycles. The number of likely N-dealkylation sites (tertiary alicyclic amines) is 2. The number of nitrogens with zero attached hydrogens (tertiary/aromatic N) is 6. The number of rotatable bonds is 15. The summed E-state index contributed by atoms with van der Waals surface area (Å²) in [5.74, 6) is 3.37. The van der Waals surface area contributed by atoms with E-state index in [-0.39, 0.29) is 25.4 Å². The number of thiazole rings is 2. The highest BCUT2D eigenvalue weighted by atomic mass is 35.5. The summed E-state index contributed by atoms with van der Waals surface area (Å²) in [5, 5.41) is 8.96. The van der Waals surface area contributed by atoms with Gasteiger partial charge >= 0.3 is 12.2 Å². The normalized spacial score (nSPS) is 14.8. The Bertz CT molecular complexity index is 1930. The van der Waals surface area contributed by atoms with Gasteiger partial charge in [0.25, 0.3) is 0 Å². The number of halogens is 1. The molecule has 7 rings (SSSR count). The predicted octanol–water partition coefficient (Wildman–Crippen LogP) is 9.29. The fourth-order valence-corrected chi connectivity index (χ4v) is 8.04. The third kappa shape index (κ3) is 13.7. The van der Waals surface area contributed by atoms with Gasteiger partial charge in [-0.3, -0.25) is 0 Å². The van der Waals surface area contributed by atoms with E-state index >= 15 is 0 Å². The Balaban J connectivity index is 0.000000196. The summed E-state index contributed by atoms with van der Waals surface area (Å²) >= 11 is 9.11. The summed E-state index contributed by atoms with van der Waals surface area (Å²) in [5.41, 5.74) is 4.59. The molecule has 0 atom stereocenters. The number of hydrogen-bond acceptors (Lipinski definition) is 13. The minimum absolute atomic E-state index is 0.227. The average Bonchev–Trinajstić information content (AvgIpc) is 4.07. The Kier molecular flexibility index (Phi) is 16.6. The lowest BCUT2D eigenvalue weighted by atomic mass is 9.94. The minimum atomic E-state index is -0.268. The van der Waals surface area contributed by atoms with Crippen LogP contribution in [0.2, 0.25) is 5.02 Å². The van der Waals surface area contributed by atoms with E-state index in [9.17, 15) is 9.59 Å². The van der Waals surface area contributed by atoms with Crippen LogP contribution in [0.1, 0.15) is 54.8 Å². The fourth-order valence-electron chi connectivity index (χ4n) is 6.79. The summed E-state index contributed by atoms with van der Waals surface area (Å²) < 4.78 is 27.8. The second-order valence-electron chi connectivity index (χ2n) is 14.5. The summed E-state index contributed by atoms with van der Waals surface area (Å²) in [6.07, 6.45) is 8.61. The van der Waals surface area contributed by atoms with Crippen LogP contribution in [0.5, 0.6) is 11.5 Å². The average molecular weight is 851 g/mol. The van der Waals surface area contributed by atoms with Crippen LogP contribution in [-0.4, -0.2) is 95.5 Å². The van der Waals surface area contributed by atoms with E-state index in [1.165, 1.54) is 28.2 Å². The van der Waals surface area contributed by atoms with Crippen molar-refractivity contribution in [3.8, 4) is 22.8 Å². The van der Waals surface area contributed by atoms with E-state index in [1.807, 2.05) is 35.0 Å². The first-order chi connectivity index (χ1) is 28.3. The number of ether oxygens (including phenoxy) is 4. The molecule has 5 aromatic rings. The number of piperidine rings is 2. The molecule has 16 heteroatoms. The maximum absolute atomic E-state index is 12.2. The van der Waals surface area contributed by atoms with Crippen LogP contribution in [0.15, 0.2) is 81.7 Å². The molecule has 2 aliphatic rings. The molecule has 0 unspecified atom stereocenters. The Labute approximate surface area is 352 Å². The largest absolute Gasteiger partial charge is 0.494 e. The SMILES string of the molecule is CN(C)Cc1ccc(OCCC2CCN(C(=O)OCc3nccs3)CC2)cc1.O=C(OCc1cscn1)N1CCC(CCOc2ccc(Cl)cc2-c2ccno2)CC1. The molecule has 13 nitrogen and oxygen atoms in total. The second kappa shape index (κ2) is 22.4. The topological polar surface area (TPSA) is 133 Å². The van der Waals surface area contributed by atoms with Crippen molar-refractivity contribution in [2.45, 2.75) is 58.3 Å². The van der Waals surface area contributed by atoms with Crippen LogP contribution in [0, 0.1) is 11.8 Å². The molecule has 0 spiro atoms. The highest BCUT2D eigenvalue weighted by Crippen LogP contribution is 2.33. The van der Waals surface area contributed by atoms with Gasteiger partial charge in [0.1, 0.15) is 29.7 Å². The molecule has 0 radical (unpaired) electrons. The number of hydrogen-bond donors (Lipinski definition) is 0. The Morgan fingerprint density at radius 2 is 1.52 bits per heavy atom. The first kappa shape index (κ1) is 42.9. The van der Waals surface area contributed by atoms with Crippen LogP contribution >= 0.6 is 34.3 Å². The Morgan fingerprint density at radius 1 is 0.845 bits per heavy atom. The van der Waals surface area contributed by atoms with E-state index in [0.717, 1.165) is 85.9 Å². The molecular weight excluding hydrogens is 800 g/mol. The first-order valence-corrected chi connectivity index (χ1v) is 21.8. The third-order valence-corrected chi connectivity index (χ3v) is 11.6. The number of carbonyl (C=O) groups excluding carboxylic acids is 2. The van der Waals surface area contributed by atoms with Crippen molar-refractivity contribution in [1.29, 1.82) is 0 Å². The van der Waals surface area contributed by atoms with Gasteiger partial charge in [-0.05, 0) is 100 Å². The molecular formula is C42H51ClN6O7S2. The van der Waals surface area contributed by atoms with E-state index in [0.29, 0.717) is 48.9 Å². The monoisotopic (exact) mass is 850 g/mol. The van der Waals surface area contributed by atoms with E-state index in [4.69, 9.17) is 35.1 Å². The van der Waals surface area contributed by atoms with Crippen LogP contribution < -0.4 is 9.47 Å². The number of carbonyl (C=O) groups is 2. The molecule has 0 saturated carbocycles. The standard InChI is InChI=1S/C21H22ClN3O4S.C21H29N3O3S/c22-16-1-2-19(18(11-16)20-3-7-24-29-20)27-10-6-15-4-8-25(9-5-15)21(26)28-12-17-13-30-14-23-17;1-23(2)15-18-3-5-19(6-4-18)26-13-9-17-7-11-24(12-8-17)21(25)27-16-20-22-10-14-28-20/h1-3,7,11,13-15H,4-6,8-10,12H2;3-6,10,14,17H,7-9,11-13,15-16H2,1-2H3. The quantitative estimate of drug-likeness (QED) is 0.0999. The third-order valence-electron chi connectivity index (χ3n) is 10.0. The second-order valence-corrected chi connectivity index (χ2v) is 16.7. The number of amides is 2. The van der Waals surface area contributed by atoms with Crippen molar-refractivity contribution >= 4 is 46.5 Å². The number of benzene rings is 2. The van der Waals surface area contributed by atoms with Crippen molar-refractivity contribution in [3.05, 3.63) is 98.5 Å². The van der Waals surface area contributed by atoms with Crippen molar-refractivity contribution in [2.24, 2.45) is 11.8 Å². The van der Waals surface area contributed by atoms with Crippen molar-refractivity contribution in [1.82, 2.24) is 29.8 Å². The highest BCUT2D eigenvalue weighted by Gasteiger charge is 2.25. The zero-order valence-electron chi connectivity index (χ0n) is 33.0. The fraction of sp³-hybridized carbons (Fsp3) is 0.452. The van der Waals surface area contributed by atoms with Crippen molar-refractivity contribution in [3.63, 3.8) is 0 Å². The van der Waals surface area contributed by atoms with Crippen LogP contribution in [0.25, 0.3) is 11.3 Å². The lowest BCUT2D eigenvalue weighted by Crippen LogP contribution is -2.39. The van der Waals surface area contributed by atoms with Gasteiger partial charge in [0.05, 0.1) is 36.2 Å². The molecule has 0 N–H and O–H groups in total. The minimum Gasteiger partial charge on any atom is -0.494 e. The summed E-state index contributed by atoms with van der Waals surface area (Å²) in [6.45, 7) is 5.62. The van der Waals surface area contributed by atoms with Gasteiger partial charge in [-0.15, -0.1) is 22.7 Å². The predicted molar refractivity (Wildman–Crippen MR) is 224 cm³/mol. The summed E-state index contributed by atoms with van der Waals surface area (Å²) in [7, 11) is 4.13. The van der Waals surface area contributed by atoms with Gasteiger partial charge in [0.15, 0.2) is 5.76 Å². The smallest absolute Gasteiger partial charge is 0.410 e. The van der Waals surface area contributed by atoms with E-state index in [1.54, 1.807) is 39.8 Å². The van der Waals surface area contributed by atoms with Gasteiger partial charge in [-0.2, -0.15) is 0 Å². The molecule has 2 saturated heterocycles. The molecule has 2 aromatic carbocycles. The van der Waals surface area contributed by atoms with Gasteiger partial charge in [-0.1, -0.05) is 28.9 Å². The van der Waals surface area contributed by atoms with Gasteiger partial charge in [0, 0.05) is 60.8 Å². The molecule has 58 heavy (non-hydrogen) atoms. The zero-order valence-corrected chi connectivity index (χ0v) is 35.4. The Hall–Kier alpha value is -4.70. The number of aromatic nitrogens is 3. The van der Waals surface area contributed by atoms with Crippen LogP contribution in [-0.2, 0) is 29.2 Å². The van der Waals surface area contributed by atoms with Gasteiger partial charge in [-0.25, -0.2) is 19.6 Å². The van der Waals surface area contributed by atoms with Crippen LogP contribution in [0.4, 0.5) is 9.59 Å². The van der Waals surface area contributed by atoms with E-state index in [2.05, 4.69) is 46.3 Å². The lowest BCUT2D eigenvalue weighted by molar-refractivity contribution is 0.0788. The summed E-state index contributed by atoms with van der Waals surface area (Å²) in [6, 6.07) is 15.6. The molecule has 310 valence electrons. The molecule has 2 aliphatic heterocycles. The van der Waals surface area contributed by atoms with Crippen molar-refractivity contribution < 1.29 is 33.1 Å². The van der Waals surface area contributed by atoms with Gasteiger partial charge < -0.3 is 38.2 Å². The molecule has 0 aliphatic carbocycles. The first-order valence-electron chi connectivity index (χ1n) is 19.6. The molecule has 0 bridgehead atoms. The summed E-state index contributed by atoms with van der Waals surface area (Å²) in [4.78, 5) is 38.3. The van der Waals surface area contributed by atoms with E-state index < -0.39 is 0 Å². The maximum atomic E-state index is 12.2. The van der Waals surface area contributed by atoms with Gasteiger partial charge in [0.2, 0.25) is 0 Å². The highest BCUT2D eigenvalue weighted by molar-refractivity contribution is 7.09. The van der Waals surface area contributed by atoms with Crippen molar-refractivity contribution in [2.75, 3.05) is 53.5 Å². The zero-order chi connectivity index (χ0) is 40.5. The van der Waals surface area contributed by atoms with Crippen LogP contribution in [0.3, 0.4) is 0 Å².